The third-order valence-electron chi connectivity index (χ3n) is 3.49. The molecule has 1 aliphatic carbocycles. The Bertz CT molecular complexity index is 410. The number of ether oxygens (including phenoxy) is 1. The molecule has 0 bridgehead atoms. The van der Waals surface area contributed by atoms with Gasteiger partial charge in [-0.15, -0.1) is 0 Å². The summed E-state index contributed by atoms with van der Waals surface area (Å²) < 4.78 is 4.84. The number of carbonyl (C=O) groups excluding carboxylic acids is 1. The van der Waals surface area contributed by atoms with Gasteiger partial charge in [-0.2, -0.15) is 0 Å². The molecule has 3 nitrogen and oxygen atoms in total. The van der Waals surface area contributed by atoms with Crippen LogP contribution in [0.15, 0.2) is 24.3 Å². The van der Waals surface area contributed by atoms with Gasteiger partial charge < -0.3 is 10.1 Å². The Morgan fingerprint density at radius 3 is 2.71 bits per heavy atom. The number of esters is 1. The van der Waals surface area contributed by atoms with Crippen LogP contribution < -0.4 is 5.32 Å². The maximum atomic E-state index is 11.6. The molecule has 1 aliphatic rings. The van der Waals surface area contributed by atoms with E-state index in [4.69, 9.17) is 4.74 Å². The smallest absolute Gasteiger partial charge is 0.313 e. The molecule has 0 unspecified atom stereocenters. The minimum absolute atomic E-state index is 0.0843. The molecule has 1 aromatic rings. The van der Waals surface area contributed by atoms with E-state index in [-0.39, 0.29) is 11.4 Å². The number of hydrogen-bond acceptors (Lipinski definition) is 3. The first-order valence-corrected chi connectivity index (χ1v) is 6.12. The normalized spacial score (nSPS) is 16.4. The highest BCUT2D eigenvalue weighted by Gasteiger charge is 2.50. The van der Waals surface area contributed by atoms with E-state index in [1.807, 2.05) is 12.1 Å². The van der Waals surface area contributed by atoms with Gasteiger partial charge in [-0.05, 0) is 30.9 Å². The molecule has 1 N–H and O–H groups in total. The number of rotatable bonds is 5. The summed E-state index contributed by atoms with van der Waals surface area (Å²) in [6.07, 6.45) is 2.86. The molecule has 0 aliphatic heterocycles. The van der Waals surface area contributed by atoms with E-state index in [9.17, 15) is 4.79 Å². The van der Waals surface area contributed by atoms with Crippen LogP contribution in [0.5, 0.6) is 0 Å². The van der Waals surface area contributed by atoms with Gasteiger partial charge in [-0.25, -0.2) is 0 Å². The summed E-state index contributed by atoms with van der Waals surface area (Å²) in [5, 5.41) is 3.38. The summed E-state index contributed by atoms with van der Waals surface area (Å²) >= 11 is 0. The standard InChI is InChI=1S/C14H19NO2/c1-3-11-6-4-5-7-12(11)15-10-14(8-9-14)13(16)17-2/h4-7,15H,3,8-10H2,1-2H3. The summed E-state index contributed by atoms with van der Waals surface area (Å²) in [5.41, 5.74) is 2.15. The van der Waals surface area contributed by atoms with Gasteiger partial charge in [0.2, 0.25) is 0 Å². The number of methoxy groups -OCH3 is 1. The Hall–Kier alpha value is -1.51. The lowest BCUT2D eigenvalue weighted by Crippen LogP contribution is -2.26. The van der Waals surface area contributed by atoms with Gasteiger partial charge in [-0.3, -0.25) is 4.79 Å². The summed E-state index contributed by atoms with van der Waals surface area (Å²) in [4.78, 5) is 11.6. The van der Waals surface area contributed by atoms with Crippen molar-refractivity contribution in [2.75, 3.05) is 19.0 Å². The van der Waals surface area contributed by atoms with Crippen LogP contribution in [-0.4, -0.2) is 19.6 Å². The number of hydrogen-bond donors (Lipinski definition) is 1. The zero-order chi connectivity index (χ0) is 12.3. The highest BCUT2D eigenvalue weighted by Crippen LogP contribution is 2.46. The molecule has 0 spiro atoms. The van der Waals surface area contributed by atoms with Crippen LogP contribution in [-0.2, 0) is 16.0 Å². The van der Waals surface area contributed by atoms with Gasteiger partial charge in [0.1, 0.15) is 0 Å². The van der Waals surface area contributed by atoms with Gasteiger partial charge in [0.15, 0.2) is 0 Å². The first kappa shape index (κ1) is 12.0. The minimum atomic E-state index is -0.268. The minimum Gasteiger partial charge on any atom is -0.469 e. The van der Waals surface area contributed by atoms with E-state index in [1.54, 1.807) is 0 Å². The predicted molar refractivity (Wildman–Crippen MR) is 68.0 cm³/mol. The Kier molecular flexibility index (Phi) is 3.36. The quantitative estimate of drug-likeness (QED) is 0.794. The lowest BCUT2D eigenvalue weighted by molar-refractivity contribution is -0.146. The van der Waals surface area contributed by atoms with Crippen LogP contribution in [0.1, 0.15) is 25.3 Å². The summed E-state index contributed by atoms with van der Waals surface area (Å²) in [6, 6.07) is 8.22. The molecular formula is C14H19NO2. The molecule has 17 heavy (non-hydrogen) atoms. The highest BCUT2D eigenvalue weighted by molar-refractivity contribution is 5.80. The van der Waals surface area contributed by atoms with E-state index >= 15 is 0 Å². The number of aryl methyl sites for hydroxylation is 1. The Morgan fingerprint density at radius 2 is 2.12 bits per heavy atom. The van der Waals surface area contributed by atoms with Crippen LogP contribution in [0.3, 0.4) is 0 Å². The first-order valence-electron chi connectivity index (χ1n) is 6.12. The molecule has 92 valence electrons. The Labute approximate surface area is 102 Å². The maximum absolute atomic E-state index is 11.6. The number of carbonyl (C=O) groups is 1. The molecule has 0 atom stereocenters. The number of anilines is 1. The van der Waals surface area contributed by atoms with Gasteiger partial charge >= 0.3 is 5.97 Å². The number of nitrogens with one attached hydrogen (secondary N) is 1. The monoisotopic (exact) mass is 233 g/mol. The van der Waals surface area contributed by atoms with Crippen LogP contribution in [0, 0.1) is 5.41 Å². The van der Waals surface area contributed by atoms with Crippen LogP contribution >= 0.6 is 0 Å². The van der Waals surface area contributed by atoms with Crippen molar-refractivity contribution >= 4 is 11.7 Å². The van der Waals surface area contributed by atoms with Crippen molar-refractivity contribution in [2.45, 2.75) is 26.2 Å². The highest BCUT2D eigenvalue weighted by atomic mass is 16.5. The second-order valence-corrected chi connectivity index (χ2v) is 4.64. The fourth-order valence-electron chi connectivity index (χ4n) is 2.09. The zero-order valence-electron chi connectivity index (χ0n) is 10.5. The van der Waals surface area contributed by atoms with Crippen LogP contribution in [0.2, 0.25) is 0 Å². The maximum Gasteiger partial charge on any atom is 0.313 e. The van der Waals surface area contributed by atoms with Crippen molar-refractivity contribution in [1.29, 1.82) is 0 Å². The molecular weight excluding hydrogens is 214 g/mol. The van der Waals surface area contributed by atoms with E-state index in [2.05, 4.69) is 24.4 Å². The Balaban J connectivity index is 2.01. The molecule has 0 heterocycles. The molecule has 1 fully saturated rings. The lowest BCUT2D eigenvalue weighted by atomic mass is 10.1. The average Bonchev–Trinajstić information content (AvgIpc) is 3.17. The van der Waals surface area contributed by atoms with E-state index < -0.39 is 0 Å². The third kappa shape index (κ3) is 2.43. The second kappa shape index (κ2) is 4.78. The average molecular weight is 233 g/mol. The molecule has 0 aromatic heterocycles. The van der Waals surface area contributed by atoms with Gasteiger partial charge in [0.05, 0.1) is 12.5 Å². The van der Waals surface area contributed by atoms with Crippen molar-refractivity contribution in [3.05, 3.63) is 29.8 Å². The molecule has 0 radical (unpaired) electrons. The van der Waals surface area contributed by atoms with E-state index in [1.165, 1.54) is 12.7 Å². The largest absolute Gasteiger partial charge is 0.469 e. The first-order chi connectivity index (χ1) is 8.22. The summed E-state index contributed by atoms with van der Waals surface area (Å²) in [6.45, 7) is 2.81. The van der Waals surface area contributed by atoms with Gasteiger partial charge in [-0.1, -0.05) is 25.1 Å². The summed E-state index contributed by atoms with van der Waals surface area (Å²) in [7, 11) is 1.46. The summed E-state index contributed by atoms with van der Waals surface area (Å²) in [5.74, 6) is -0.0843. The molecule has 0 amide bonds. The van der Waals surface area contributed by atoms with E-state index in [0.29, 0.717) is 6.54 Å². The molecule has 3 heteroatoms. The SMILES string of the molecule is CCc1ccccc1NCC1(C(=O)OC)CC1. The third-order valence-corrected chi connectivity index (χ3v) is 3.49. The zero-order valence-corrected chi connectivity index (χ0v) is 10.5. The van der Waals surface area contributed by atoms with Crippen molar-refractivity contribution < 1.29 is 9.53 Å². The van der Waals surface area contributed by atoms with Gasteiger partial charge in [0.25, 0.3) is 0 Å². The van der Waals surface area contributed by atoms with E-state index in [0.717, 1.165) is 24.9 Å². The van der Waals surface area contributed by atoms with Crippen LogP contribution in [0.4, 0.5) is 5.69 Å². The molecule has 1 saturated carbocycles. The fourth-order valence-corrected chi connectivity index (χ4v) is 2.09. The van der Waals surface area contributed by atoms with Gasteiger partial charge in [0, 0.05) is 12.2 Å². The molecule has 1 aromatic carbocycles. The van der Waals surface area contributed by atoms with Crippen molar-refractivity contribution in [1.82, 2.24) is 0 Å². The van der Waals surface area contributed by atoms with Crippen LogP contribution in [0.25, 0.3) is 0 Å². The molecule has 0 saturated heterocycles. The Morgan fingerprint density at radius 1 is 1.41 bits per heavy atom. The topological polar surface area (TPSA) is 38.3 Å². The van der Waals surface area contributed by atoms with Crippen molar-refractivity contribution in [2.24, 2.45) is 5.41 Å². The molecule has 2 rings (SSSR count). The number of para-hydroxylation sites is 1. The predicted octanol–water partition coefficient (Wildman–Crippen LogP) is 2.61. The number of benzene rings is 1. The lowest BCUT2D eigenvalue weighted by Gasteiger charge is -2.16. The fraction of sp³-hybridized carbons (Fsp3) is 0.500. The van der Waals surface area contributed by atoms with Crippen molar-refractivity contribution in [3.8, 4) is 0 Å². The van der Waals surface area contributed by atoms with Crippen molar-refractivity contribution in [3.63, 3.8) is 0 Å². The second-order valence-electron chi connectivity index (χ2n) is 4.64.